The van der Waals surface area contributed by atoms with E-state index in [2.05, 4.69) is 18.2 Å². The van der Waals surface area contributed by atoms with E-state index in [1.807, 2.05) is 6.07 Å². The van der Waals surface area contributed by atoms with Gasteiger partial charge in [0.25, 0.3) is 0 Å². The number of nitrogens with two attached hydrogens (primary N) is 1. The van der Waals surface area contributed by atoms with Gasteiger partial charge in [0.05, 0.1) is 12.7 Å². The van der Waals surface area contributed by atoms with Gasteiger partial charge >= 0.3 is 0 Å². The second-order valence-corrected chi connectivity index (χ2v) is 4.47. The normalized spacial score (nSPS) is 18.2. The van der Waals surface area contributed by atoms with Crippen molar-refractivity contribution in [3.63, 3.8) is 0 Å². The molecule has 2 N–H and O–H groups in total. The quantitative estimate of drug-likeness (QED) is 0.809. The lowest BCUT2D eigenvalue weighted by Crippen LogP contribution is -2.17. The van der Waals surface area contributed by atoms with Crippen LogP contribution >= 0.6 is 0 Å². The van der Waals surface area contributed by atoms with Gasteiger partial charge in [0, 0.05) is 12.5 Å². The first-order chi connectivity index (χ1) is 8.31. The number of fused-ring (bicyclic) bond motifs is 1. The number of ether oxygens (including phenoxy) is 1. The molecule has 0 heterocycles. The molecule has 0 unspecified atom stereocenters. The molecule has 0 saturated carbocycles. The maximum atomic E-state index is 8.43. The molecule has 0 saturated heterocycles. The van der Waals surface area contributed by atoms with Crippen LogP contribution in [0.1, 0.15) is 42.9 Å². The molecule has 0 aromatic heterocycles. The molecule has 2 rings (SSSR count). The third-order valence-electron chi connectivity index (χ3n) is 3.18. The number of nitriles is 1. The van der Waals surface area contributed by atoms with Crippen molar-refractivity contribution < 1.29 is 4.74 Å². The van der Waals surface area contributed by atoms with Crippen molar-refractivity contribution in [3.05, 3.63) is 29.3 Å². The molecule has 0 bridgehead atoms. The predicted octanol–water partition coefficient (Wildman–Crippen LogP) is 2.71. The first-order valence-electron chi connectivity index (χ1n) is 6.19. The summed E-state index contributed by atoms with van der Waals surface area (Å²) in [7, 11) is 0. The van der Waals surface area contributed by atoms with Gasteiger partial charge in [-0.25, -0.2) is 0 Å². The Morgan fingerprint density at radius 1 is 1.47 bits per heavy atom. The number of hydrogen-bond donors (Lipinski definition) is 1. The Balaban J connectivity index is 2.00. The van der Waals surface area contributed by atoms with Crippen LogP contribution in [0.4, 0.5) is 0 Å². The van der Waals surface area contributed by atoms with Crippen LogP contribution in [0.25, 0.3) is 0 Å². The number of unbranched alkanes of at least 4 members (excludes halogenated alkanes) is 1. The lowest BCUT2D eigenvalue weighted by Gasteiger charge is -2.22. The van der Waals surface area contributed by atoms with Gasteiger partial charge in [0.15, 0.2) is 0 Å². The minimum absolute atomic E-state index is 0.154. The van der Waals surface area contributed by atoms with E-state index in [1.165, 1.54) is 17.5 Å². The third-order valence-corrected chi connectivity index (χ3v) is 3.18. The molecule has 3 heteroatoms. The molecule has 1 aliphatic carbocycles. The molecular formula is C14H18N2O. The SMILES string of the molecule is N#CCCCOc1ccc2c(c1)[C@H](N)CCC2. The molecular weight excluding hydrogens is 212 g/mol. The Morgan fingerprint density at radius 2 is 2.35 bits per heavy atom. The summed E-state index contributed by atoms with van der Waals surface area (Å²) in [5.41, 5.74) is 8.68. The van der Waals surface area contributed by atoms with Gasteiger partial charge < -0.3 is 10.5 Å². The standard InChI is InChI=1S/C14H18N2O/c15-8-1-2-9-17-12-7-6-11-4-3-5-14(16)13(11)10-12/h6-7,10,14H,1-5,9,16H2/t14-/m1/s1. The van der Waals surface area contributed by atoms with Crippen LogP contribution in [0.2, 0.25) is 0 Å². The van der Waals surface area contributed by atoms with Crippen LogP contribution in [0.5, 0.6) is 5.75 Å². The first-order valence-corrected chi connectivity index (χ1v) is 6.19. The molecule has 0 fully saturated rings. The molecule has 17 heavy (non-hydrogen) atoms. The summed E-state index contributed by atoms with van der Waals surface area (Å²) in [6.45, 7) is 0.599. The highest BCUT2D eigenvalue weighted by atomic mass is 16.5. The molecule has 0 radical (unpaired) electrons. The van der Waals surface area contributed by atoms with E-state index in [4.69, 9.17) is 15.7 Å². The lowest BCUT2D eigenvalue weighted by molar-refractivity contribution is 0.312. The Hall–Kier alpha value is -1.53. The summed E-state index contributed by atoms with van der Waals surface area (Å²) >= 11 is 0. The molecule has 1 atom stereocenters. The molecule has 3 nitrogen and oxygen atoms in total. The summed E-state index contributed by atoms with van der Waals surface area (Å²) in [4.78, 5) is 0. The molecule has 90 valence electrons. The van der Waals surface area contributed by atoms with E-state index in [0.29, 0.717) is 13.0 Å². The zero-order chi connectivity index (χ0) is 12.1. The second-order valence-electron chi connectivity index (χ2n) is 4.47. The Morgan fingerprint density at radius 3 is 3.18 bits per heavy atom. The fourth-order valence-electron chi connectivity index (χ4n) is 2.24. The summed E-state index contributed by atoms with van der Waals surface area (Å²) in [6, 6.07) is 8.45. The van der Waals surface area contributed by atoms with E-state index in [-0.39, 0.29) is 6.04 Å². The number of nitrogens with zero attached hydrogens (tertiary/aromatic N) is 1. The monoisotopic (exact) mass is 230 g/mol. The van der Waals surface area contributed by atoms with Crippen LogP contribution < -0.4 is 10.5 Å². The second kappa shape index (κ2) is 5.70. The zero-order valence-electron chi connectivity index (χ0n) is 9.98. The van der Waals surface area contributed by atoms with Gasteiger partial charge in [-0.3, -0.25) is 0 Å². The van der Waals surface area contributed by atoms with Crippen LogP contribution in [-0.4, -0.2) is 6.61 Å². The molecule has 1 aromatic carbocycles. The molecule has 0 amide bonds. The van der Waals surface area contributed by atoms with E-state index in [9.17, 15) is 0 Å². The Bertz CT molecular complexity index is 423. The van der Waals surface area contributed by atoms with E-state index >= 15 is 0 Å². The predicted molar refractivity (Wildman–Crippen MR) is 66.7 cm³/mol. The zero-order valence-corrected chi connectivity index (χ0v) is 9.98. The molecule has 0 spiro atoms. The third kappa shape index (κ3) is 2.98. The Labute approximate surface area is 102 Å². The lowest BCUT2D eigenvalue weighted by atomic mass is 9.88. The van der Waals surface area contributed by atoms with Crippen molar-refractivity contribution in [2.75, 3.05) is 6.61 Å². The largest absolute Gasteiger partial charge is 0.494 e. The van der Waals surface area contributed by atoms with Crippen molar-refractivity contribution in [1.29, 1.82) is 5.26 Å². The van der Waals surface area contributed by atoms with Crippen molar-refractivity contribution in [1.82, 2.24) is 0 Å². The highest BCUT2D eigenvalue weighted by molar-refractivity contribution is 5.39. The van der Waals surface area contributed by atoms with Crippen LogP contribution in [-0.2, 0) is 6.42 Å². The summed E-state index contributed by atoms with van der Waals surface area (Å²) in [5.74, 6) is 0.874. The van der Waals surface area contributed by atoms with Crippen molar-refractivity contribution in [2.24, 2.45) is 5.73 Å². The smallest absolute Gasteiger partial charge is 0.119 e. The molecule has 1 aliphatic rings. The average molecular weight is 230 g/mol. The number of hydrogen-bond acceptors (Lipinski definition) is 3. The van der Waals surface area contributed by atoms with Gasteiger partial charge in [-0.15, -0.1) is 0 Å². The number of rotatable bonds is 4. The average Bonchev–Trinajstić information content (AvgIpc) is 2.36. The van der Waals surface area contributed by atoms with Gasteiger partial charge in [-0.05, 0) is 48.9 Å². The molecule has 1 aromatic rings. The van der Waals surface area contributed by atoms with Crippen LogP contribution in [0, 0.1) is 11.3 Å². The molecule has 0 aliphatic heterocycles. The van der Waals surface area contributed by atoms with Gasteiger partial charge in [0.2, 0.25) is 0 Å². The minimum Gasteiger partial charge on any atom is -0.494 e. The minimum atomic E-state index is 0.154. The highest BCUT2D eigenvalue weighted by Crippen LogP contribution is 2.30. The van der Waals surface area contributed by atoms with Crippen molar-refractivity contribution in [3.8, 4) is 11.8 Å². The Kier molecular flexibility index (Phi) is 4.00. The fraction of sp³-hybridized carbons (Fsp3) is 0.500. The maximum absolute atomic E-state index is 8.43. The topological polar surface area (TPSA) is 59.0 Å². The highest BCUT2D eigenvalue weighted by Gasteiger charge is 2.17. The van der Waals surface area contributed by atoms with Gasteiger partial charge in [-0.1, -0.05) is 6.07 Å². The van der Waals surface area contributed by atoms with Crippen LogP contribution in [0.3, 0.4) is 0 Å². The van der Waals surface area contributed by atoms with Gasteiger partial charge in [-0.2, -0.15) is 5.26 Å². The summed E-state index contributed by atoms with van der Waals surface area (Å²) in [5, 5.41) is 8.43. The van der Waals surface area contributed by atoms with Crippen molar-refractivity contribution in [2.45, 2.75) is 38.1 Å². The van der Waals surface area contributed by atoms with E-state index in [0.717, 1.165) is 25.0 Å². The summed E-state index contributed by atoms with van der Waals surface area (Å²) in [6.07, 6.45) is 4.68. The maximum Gasteiger partial charge on any atom is 0.119 e. The number of benzene rings is 1. The van der Waals surface area contributed by atoms with Crippen molar-refractivity contribution >= 4 is 0 Å². The van der Waals surface area contributed by atoms with E-state index < -0.39 is 0 Å². The summed E-state index contributed by atoms with van der Waals surface area (Å²) < 4.78 is 5.62. The number of aryl methyl sites for hydroxylation is 1. The van der Waals surface area contributed by atoms with E-state index in [1.54, 1.807) is 0 Å². The first kappa shape index (κ1) is 11.9. The van der Waals surface area contributed by atoms with Gasteiger partial charge in [0.1, 0.15) is 5.75 Å². The van der Waals surface area contributed by atoms with Crippen LogP contribution in [0.15, 0.2) is 18.2 Å². The fourth-order valence-corrected chi connectivity index (χ4v) is 2.24.